The summed E-state index contributed by atoms with van der Waals surface area (Å²) in [5.41, 5.74) is 2.98. The molecular formula is C20H17ClN2O2S. The summed E-state index contributed by atoms with van der Waals surface area (Å²) in [6.07, 6.45) is 2.73. The summed E-state index contributed by atoms with van der Waals surface area (Å²) in [5, 5.41) is 1.62. The molecule has 26 heavy (non-hydrogen) atoms. The van der Waals surface area contributed by atoms with Gasteiger partial charge in [0.25, 0.3) is 0 Å². The Morgan fingerprint density at radius 3 is 2.69 bits per heavy atom. The van der Waals surface area contributed by atoms with E-state index in [0.29, 0.717) is 29.8 Å². The third kappa shape index (κ3) is 3.24. The zero-order valence-corrected chi connectivity index (χ0v) is 16.0. The molecule has 2 aromatic carbocycles. The highest BCUT2D eigenvalue weighted by Gasteiger charge is 2.23. The van der Waals surface area contributed by atoms with Crippen LogP contribution >= 0.6 is 23.4 Å². The van der Waals surface area contributed by atoms with E-state index in [1.165, 1.54) is 0 Å². The smallest absolute Gasteiger partial charge is 0.227 e. The number of thioether (sulfide) groups is 1. The van der Waals surface area contributed by atoms with Gasteiger partial charge in [-0.2, -0.15) is 4.98 Å². The molecule has 132 valence electrons. The van der Waals surface area contributed by atoms with Crippen molar-refractivity contribution in [3.8, 4) is 28.8 Å². The molecule has 0 atom stereocenters. The van der Waals surface area contributed by atoms with Crippen LogP contribution in [-0.2, 0) is 6.42 Å². The fraction of sp³-hybridized carbons (Fsp3) is 0.200. The van der Waals surface area contributed by atoms with Gasteiger partial charge in [0.15, 0.2) is 5.82 Å². The summed E-state index contributed by atoms with van der Waals surface area (Å²) >= 11 is 7.71. The van der Waals surface area contributed by atoms with Crippen molar-refractivity contribution in [3.05, 3.63) is 58.6 Å². The van der Waals surface area contributed by atoms with Crippen molar-refractivity contribution in [2.75, 3.05) is 12.9 Å². The van der Waals surface area contributed by atoms with E-state index in [-0.39, 0.29) is 0 Å². The van der Waals surface area contributed by atoms with Crippen LogP contribution in [0.2, 0.25) is 5.02 Å². The largest absolute Gasteiger partial charge is 0.494 e. The summed E-state index contributed by atoms with van der Waals surface area (Å²) in [7, 11) is 0. The number of rotatable bonds is 4. The molecule has 2 heterocycles. The van der Waals surface area contributed by atoms with Gasteiger partial charge in [-0.1, -0.05) is 11.6 Å². The Labute approximate surface area is 161 Å². The lowest BCUT2D eigenvalue weighted by Gasteiger charge is -2.21. The molecule has 0 aliphatic carbocycles. The molecule has 0 bridgehead atoms. The van der Waals surface area contributed by atoms with Gasteiger partial charge >= 0.3 is 0 Å². The topological polar surface area (TPSA) is 44.2 Å². The van der Waals surface area contributed by atoms with E-state index in [2.05, 4.69) is 4.98 Å². The molecule has 0 radical (unpaired) electrons. The lowest BCUT2D eigenvalue weighted by atomic mass is 10.0. The summed E-state index contributed by atoms with van der Waals surface area (Å²) in [6, 6.07) is 13.4. The minimum atomic E-state index is 0.614. The molecule has 6 heteroatoms. The third-order valence-electron chi connectivity index (χ3n) is 4.14. The maximum atomic E-state index is 6.12. The number of aromatic nitrogens is 2. The highest BCUT2D eigenvalue weighted by Crippen LogP contribution is 2.40. The van der Waals surface area contributed by atoms with Crippen LogP contribution in [0.5, 0.6) is 17.4 Å². The second-order valence-electron chi connectivity index (χ2n) is 5.83. The van der Waals surface area contributed by atoms with Crippen LogP contribution in [0, 0.1) is 0 Å². The van der Waals surface area contributed by atoms with Crippen LogP contribution in [0.15, 0.2) is 47.5 Å². The van der Waals surface area contributed by atoms with Crippen molar-refractivity contribution in [1.29, 1.82) is 0 Å². The van der Waals surface area contributed by atoms with Crippen molar-refractivity contribution in [1.82, 2.24) is 9.97 Å². The number of benzene rings is 2. The van der Waals surface area contributed by atoms with E-state index in [4.69, 9.17) is 26.1 Å². The molecule has 0 amide bonds. The van der Waals surface area contributed by atoms with Gasteiger partial charge in [0, 0.05) is 22.6 Å². The number of hydrogen-bond acceptors (Lipinski definition) is 5. The molecule has 0 fully saturated rings. The highest BCUT2D eigenvalue weighted by atomic mass is 35.5. The molecule has 3 aromatic rings. The van der Waals surface area contributed by atoms with Crippen molar-refractivity contribution in [3.63, 3.8) is 0 Å². The Morgan fingerprint density at radius 1 is 1.15 bits per heavy atom. The number of fused-ring (bicyclic) bond motifs is 2. The van der Waals surface area contributed by atoms with Crippen molar-refractivity contribution in [2.45, 2.75) is 18.4 Å². The van der Waals surface area contributed by atoms with E-state index >= 15 is 0 Å². The Balaban J connectivity index is 1.74. The SMILES string of the molecule is CCOc1ccc(-c2nc3c(c(SC)n2)Cc2cc(Cl)ccc2O3)cc1. The predicted octanol–water partition coefficient (Wildman–Crippen LogP) is 5.61. The van der Waals surface area contributed by atoms with E-state index in [1.54, 1.807) is 11.8 Å². The molecule has 0 spiro atoms. The second kappa shape index (κ2) is 7.17. The Morgan fingerprint density at radius 2 is 1.96 bits per heavy atom. The zero-order chi connectivity index (χ0) is 18.1. The molecule has 1 aromatic heterocycles. The number of hydrogen-bond donors (Lipinski definition) is 0. The number of halogens is 1. The van der Waals surface area contributed by atoms with Crippen molar-refractivity contribution < 1.29 is 9.47 Å². The van der Waals surface area contributed by atoms with Gasteiger partial charge in [-0.3, -0.25) is 0 Å². The first-order valence-electron chi connectivity index (χ1n) is 8.32. The second-order valence-corrected chi connectivity index (χ2v) is 7.06. The number of ether oxygens (including phenoxy) is 2. The molecule has 0 saturated heterocycles. The third-order valence-corrected chi connectivity index (χ3v) is 5.10. The first-order valence-corrected chi connectivity index (χ1v) is 9.92. The van der Waals surface area contributed by atoms with Gasteiger partial charge in [-0.05, 0) is 55.6 Å². The summed E-state index contributed by atoms with van der Waals surface area (Å²) in [6.45, 7) is 2.61. The quantitative estimate of drug-likeness (QED) is 0.338. The average Bonchev–Trinajstić information content (AvgIpc) is 2.66. The molecule has 0 N–H and O–H groups in total. The van der Waals surface area contributed by atoms with Gasteiger partial charge in [-0.25, -0.2) is 4.98 Å². The highest BCUT2D eigenvalue weighted by molar-refractivity contribution is 7.98. The van der Waals surface area contributed by atoms with E-state index < -0.39 is 0 Å². The zero-order valence-electron chi connectivity index (χ0n) is 14.5. The lowest BCUT2D eigenvalue weighted by Crippen LogP contribution is -2.09. The maximum absolute atomic E-state index is 6.12. The van der Waals surface area contributed by atoms with Crippen molar-refractivity contribution >= 4 is 23.4 Å². The first-order chi connectivity index (χ1) is 12.7. The molecule has 0 saturated carbocycles. The lowest BCUT2D eigenvalue weighted by molar-refractivity contribution is 0.340. The van der Waals surface area contributed by atoms with Gasteiger partial charge < -0.3 is 9.47 Å². The van der Waals surface area contributed by atoms with Crippen LogP contribution in [-0.4, -0.2) is 22.8 Å². The van der Waals surface area contributed by atoms with Crippen molar-refractivity contribution in [2.24, 2.45) is 0 Å². The Bertz CT molecular complexity index is 961. The Hall–Kier alpha value is -2.24. The average molecular weight is 385 g/mol. The van der Waals surface area contributed by atoms with Gasteiger partial charge in [0.1, 0.15) is 16.5 Å². The first kappa shape index (κ1) is 17.2. The minimum Gasteiger partial charge on any atom is -0.494 e. The predicted molar refractivity (Wildman–Crippen MR) is 105 cm³/mol. The van der Waals surface area contributed by atoms with E-state index in [0.717, 1.165) is 33.2 Å². The van der Waals surface area contributed by atoms with Gasteiger partial charge in [0.2, 0.25) is 5.88 Å². The van der Waals surface area contributed by atoms with Gasteiger partial charge in [-0.15, -0.1) is 11.8 Å². The van der Waals surface area contributed by atoms with Gasteiger partial charge in [0.05, 0.1) is 12.2 Å². The molecule has 1 aliphatic rings. The summed E-state index contributed by atoms with van der Waals surface area (Å²) < 4.78 is 11.6. The standard InChI is InChI=1S/C20H17ClN2O2S/c1-3-24-15-7-4-12(5-8-15)18-22-19-16(20(23-18)26-2)11-13-10-14(21)6-9-17(13)25-19/h4-10H,3,11H2,1-2H3. The van der Waals surface area contributed by atoms with Crippen LogP contribution in [0.1, 0.15) is 18.1 Å². The molecule has 0 unspecified atom stereocenters. The van der Waals surface area contributed by atoms with Crippen LogP contribution in [0.25, 0.3) is 11.4 Å². The minimum absolute atomic E-state index is 0.614. The van der Waals surface area contributed by atoms with Crippen LogP contribution in [0.4, 0.5) is 0 Å². The molecule has 1 aliphatic heterocycles. The molecular weight excluding hydrogens is 368 g/mol. The summed E-state index contributed by atoms with van der Waals surface area (Å²) in [5.74, 6) is 2.89. The fourth-order valence-corrected chi connectivity index (χ4v) is 3.70. The molecule has 4 nitrogen and oxygen atoms in total. The maximum Gasteiger partial charge on any atom is 0.227 e. The van der Waals surface area contributed by atoms with Crippen LogP contribution in [0.3, 0.4) is 0 Å². The summed E-state index contributed by atoms with van der Waals surface area (Å²) in [4.78, 5) is 9.41. The normalized spacial score (nSPS) is 12.1. The molecule has 4 rings (SSSR count). The number of nitrogens with zero attached hydrogens (tertiary/aromatic N) is 2. The fourth-order valence-electron chi connectivity index (χ4n) is 2.92. The monoisotopic (exact) mass is 384 g/mol. The van der Waals surface area contributed by atoms with E-state index in [9.17, 15) is 0 Å². The van der Waals surface area contributed by atoms with Crippen LogP contribution < -0.4 is 9.47 Å². The van der Waals surface area contributed by atoms with E-state index in [1.807, 2.05) is 55.6 Å². The Kier molecular flexibility index (Phi) is 4.74.